The predicted octanol–water partition coefficient (Wildman–Crippen LogP) is 1.31. The second-order valence-corrected chi connectivity index (χ2v) is 8.82. The molecule has 0 amide bonds. The number of hydrogen-bond donors (Lipinski definition) is 1. The zero-order chi connectivity index (χ0) is 19.1. The first-order valence-corrected chi connectivity index (χ1v) is 10.4. The Labute approximate surface area is 153 Å². The molecule has 2 N–H and O–H groups in total. The van der Waals surface area contributed by atoms with Gasteiger partial charge in [-0.05, 0) is 31.9 Å². The van der Waals surface area contributed by atoms with Crippen LogP contribution in [0.2, 0.25) is 0 Å². The lowest BCUT2D eigenvalue weighted by Crippen LogP contribution is -2.51. The molecule has 26 heavy (non-hydrogen) atoms. The van der Waals surface area contributed by atoms with Crippen molar-refractivity contribution in [3.05, 3.63) is 41.0 Å². The molecule has 144 valence electrons. The fraction of sp³-hybridized carbons (Fsp3) is 0.588. The van der Waals surface area contributed by atoms with Gasteiger partial charge in [-0.1, -0.05) is 6.08 Å². The Morgan fingerprint density at radius 2 is 2.19 bits per heavy atom. The van der Waals surface area contributed by atoms with E-state index < -0.39 is 16.1 Å². The van der Waals surface area contributed by atoms with Gasteiger partial charge >= 0.3 is 0 Å². The van der Waals surface area contributed by atoms with Crippen LogP contribution in [-0.4, -0.2) is 53.6 Å². The summed E-state index contributed by atoms with van der Waals surface area (Å²) in [5, 5.41) is 4.16. The van der Waals surface area contributed by atoms with E-state index in [-0.39, 0.29) is 17.9 Å². The molecule has 1 unspecified atom stereocenters. The second-order valence-electron chi connectivity index (χ2n) is 6.98. The molecule has 0 radical (unpaired) electrons. The molecule has 0 spiro atoms. The molecular weight excluding hydrogens is 359 g/mol. The molecule has 9 heteroatoms. The van der Waals surface area contributed by atoms with Gasteiger partial charge in [0.1, 0.15) is 5.83 Å². The molecule has 0 aliphatic carbocycles. The first-order valence-electron chi connectivity index (χ1n) is 8.59. The van der Waals surface area contributed by atoms with E-state index in [4.69, 9.17) is 10.5 Å². The fourth-order valence-corrected chi connectivity index (χ4v) is 4.10. The van der Waals surface area contributed by atoms with E-state index >= 15 is 0 Å². The summed E-state index contributed by atoms with van der Waals surface area (Å²) >= 11 is 0. The summed E-state index contributed by atoms with van der Waals surface area (Å²) in [5.74, 6) is -0.303. The number of hydrogen-bond acceptors (Lipinski definition) is 6. The van der Waals surface area contributed by atoms with Gasteiger partial charge in [-0.25, -0.2) is 12.8 Å². The molecule has 7 nitrogen and oxygen atoms in total. The Bertz CT molecular complexity index is 823. The number of fused-ring (bicyclic) bond motifs is 1. The SMILES string of the molecule is C/C=C\C(F)=C(/C)[C@H]1OC[C@H](N2Cc3cn(S(C)(=O)=O)nc3C2)CC1N. The summed E-state index contributed by atoms with van der Waals surface area (Å²) in [6.45, 7) is 5.09. The molecule has 1 aromatic heterocycles. The molecule has 2 aliphatic heterocycles. The molecular formula is C17H25FN4O3S. The second kappa shape index (κ2) is 7.22. The van der Waals surface area contributed by atoms with E-state index in [1.807, 2.05) is 0 Å². The number of nitrogens with two attached hydrogens (primary N) is 1. The van der Waals surface area contributed by atoms with E-state index in [1.165, 1.54) is 6.08 Å². The van der Waals surface area contributed by atoms with Gasteiger partial charge in [0.25, 0.3) is 10.0 Å². The Hall–Kier alpha value is -1.55. The van der Waals surface area contributed by atoms with Crippen molar-refractivity contribution >= 4 is 10.0 Å². The zero-order valence-electron chi connectivity index (χ0n) is 15.2. The topological polar surface area (TPSA) is 90.5 Å². The van der Waals surface area contributed by atoms with Crippen molar-refractivity contribution in [2.45, 2.75) is 51.5 Å². The van der Waals surface area contributed by atoms with Crippen molar-refractivity contribution in [1.82, 2.24) is 14.1 Å². The van der Waals surface area contributed by atoms with E-state index in [1.54, 1.807) is 26.1 Å². The van der Waals surface area contributed by atoms with Crippen LogP contribution in [-0.2, 0) is 27.8 Å². The van der Waals surface area contributed by atoms with E-state index in [2.05, 4.69) is 10.00 Å². The standard InChI is InChI=1S/C17H25FN4O3S/c1-4-5-14(18)11(2)17-15(19)6-13(10-25-17)21-7-12-8-22(26(3,23)24)20-16(12)9-21/h4-5,8,13,15,17H,6-7,9-10,19H2,1-3H3/b5-4-,14-11-/t13-,15?,17-/m1/s1. The molecule has 0 aromatic carbocycles. The molecule has 3 atom stereocenters. The van der Waals surface area contributed by atoms with Crippen LogP contribution in [0.25, 0.3) is 0 Å². The molecule has 1 fully saturated rings. The largest absolute Gasteiger partial charge is 0.371 e. The minimum Gasteiger partial charge on any atom is -0.371 e. The Morgan fingerprint density at radius 1 is 1.46 bits per heavy atom. The summed E-state index contributed by atoms with van der Waals surface area (Å²) < 4.78 is 44.1. The van der Waals surface area contributed by atoms with Crippen molar-refractivity contribution in [1.29, 1.82) is 0 Å². The molecule has 3 heterocycles. The van der Waals surface area contributed by atoms with Crippen LogP contribution in [0.3, 0.4) is 0 Å². The normalized spacial score (nSPS) is 28.4. The summed E-state index contributed by atoms with van der Waals surface area (Å²) in [6, 6.07) is -0.201. The van der Waals surface area contributed by atoms with Crippen LogP contribution in [0.5, 0.6) is 0 Å². The lowest BCUT2D eigenvalue weighted by atomic mass is 9.93. The lowest BCUT2D eigenvalue weighted by molar-refractivity contribution is -0.0343. The summed E-state index contributed by atoms with van der Waals surface area (Å²) in [5.41, 5.74) is 8.44. The Balaban J connectivity index is 1.65. The fourth-order valence-electron chi connectivity index (χ4n) is 3.54. The quantitative estimate of drug-likeness (QED) is 0.787. The van der Waals surface area contributed by atoms with E-state index in [0.29, 0.717) is 31.7 Å². The van der Waals surface area contributed by atoms with Crippen molar-refractivity contribution in [3.63, 3.8) is 0 Å². The third-order valence-electron chi connectivity index (χ3n) is 4.96. The van der Waals surface area contributed by atoms with Crippen LogP contribution in [0.15, 0.2) is 29.7 Å². The van der Waals surface area contributed by atoms with Gasteiger partial charge in [0.2, 0.25) is 0 Å². The van der Waals surface area contributed by atoms with Gasteiger partial charge in [0.15, 0.2) is 0 Å². The minimum absolute atomic E-state index is 0.0970. The van der Waals surface area contributed by atoms with Crippen LogP contribution < -0.4 is 5.73 Å². The highest BCUT2D eigenvalue weighted by atomic mass is 32.2. The molecule has 0 saturated carbocycles. The van der Waals surface area contributed by atoms with Crippen LogP contribution in [0.1, 0.15) is 31.5 Å². The molecule has 3 rings (SSSR count). The average molecular weight is 384 g/mol. The van der Waals surface area contributed by atoms with Crippen LogP contribution >= 0.6 is 0 Å². The lowest BCUT2D eigenvalue weighted by Gasteiger charge is -2.38. The number of aromatic nitrogens is 2. The number of nitrogens with zero attached hydrogens (tertiary/aromatic N) is 3. The highest BCUT2D eigenvalue weighted by molar-refractivity contribution is 7.89. The van der Waals surface area contributed by atoms with Gasteiger partial charge in [-0.15, -0.1) is 0 Å². The minimum atomic E-state index is -3.37. The predicted molar refractivity (Wildman–Crippen MR) is 96.5 cm³/mol. The number of rotatable bonds is 4. The molecule has 2 aliphatic rings. The molecule has 1 saturated heterocycles. The molecule has 1 aromatic rings. The third-order valence-corrected chi connectivity index (χ3v) is 5.82. The highest BCUT2D eigenvalue weighted by Gasteiger charge is 2.37. The first kappa shape index (κ1) is 19.2. The van der Waals surface area contributed by atoms with Crippen molar-refractivity contribution < 1.29 is 17.5 Å². The van der Waals surface area contributed by atoms with Gasteiger partial charge in [-0.3, -0.25) is 4.90 Å². The highest BCUT2D eigenvalue weighted by Crippen LogP contribution is 2.30. The first-order chi connectivity index (χ1) is 12.2. The Kier molecular flexibility index (Phi) is 5.34. The average Bonchev–Trinajstić information content (AvgIpc) is 3.12. The summed E-state index contributed by atoms with van der Waals surface area (Å²) in [4.78, 5) is 2.18. The van der Waals surface area contributed by atoms with E-state index in [0.717, 1.165) is 21.6 Å². The van der Waals surface area contributed by atoms with Crippen molar-refractivity contribution in [2.75, 3.05) is 12.9 Å². The monoisotopic (exact) mass is 384 g/mol. The maximum absolute atomic E-state index is 14.0. The van der Waals surface area contributed by atoms with Crippen molar-refractivity contribution in [3.8, 4) is 0 Å². The number of halogens is 1. The van der Waals surface area contributed by atoms with Crippen molar-refractivity contribution in [2.24, 2.45) is 5.73 Å². The van der Waals surface area contributed by atoms with Gasteiger partial charge < -0.3 is 10.5 Å². The third kappa shape index (κ3) is 3.75. The van der Waals surface area contributed by atoms with Gasteiger partial charge in [0.05, 0.1) is 24.7 Å². The molecule has 0 bridgehead atoms. The maximum Gasteiger partial charge on any atom is 0.250 e. The van der Waals surface area contributed by atoms with Gasteiger partial charge in [-0.2, -0.15) is 9.19 Å². The zero-order valence-corrected chi connectivity index (χ0v) is 16.0. The van der Waals surface area contributed by atoms with Crippen LogP contribution in [0, 0.1) is 0 Å². The summed E-state index contributed by atoms with van der Waals surface area (Å²) in [6.07, 6.45) is 6.01. The number of allylic oxidation sites excluding steroid dienone is 3. The van der Waals surface area contributed by atoms with E-state index in [9.17, 15) is 12.8 Å². The summed E-state index contributed by atoms with van der Waals surface area (Å²) in [7, 11) is -3.37. The van der Waals surface area contributed by atoms with Gasteiger partial charge in [0, 0.05) is 36.9 Å². The Morgan fingerprint density at radius 3 is 2.77 bits per heavy atom. The van der Waals surface area contributed by atoms with Crippen LogP contribution in [0.4, 0.5) is 4.39 Å². The maximum atomic E-state index is 14.0. The number of ether oxygens (including phenoxy) is 1. The smallest absolute Gasteiger partial charge is 0.250 e.